The van der Waals surface area contributed by atoms with Gasteiger partial charge in [0.05, 0.1) is 11.4 Å². The highest BCUT2D eigenvalue weighted by Gasteiger charge is 2.33. The van der Waals surface area contributed by atoms with Gasteiger partial charge >= 0.3 is 0 Å². The van der Waals surface area contributed by atoms with E-state index in [1.165, 1.54) is 18.4 Å². The number of hydrogen-bond acceptors (Lipinski definition) is 3. The molecule has 0 radical (unpaired) electrons. The number of nitrogens with zero attached hydrogens (tertiary/aromatic N) is 3. The van der Waals surface area contributed by atoms with Gasteiger partial charge in [-0.05, 0) is 31.7 Å². The fourth-order valence-electron chi connectivity index (χ4n) is 2.80. The van der Waals surface area contributed by atoms with Gasteiger partial charge in [0.25, 0.3) is 0 Å². The quantitative estimate of drug-likeness (QED) is 0.885. The van der Waals surface area contributed by atoms with Crippen LogP contribution in [-0.4, -0.2) is 15.8 Å². The molecule has 3 rings (SSSR count). The number of anilines is 2. The van der Waals surface area contributed by atoms with Gasteiger partial charge in [0.15, 0.2) is 5.82 Å². The molecule has 0 aliphatic heterocycles. The first-order chi connectivity index (χ1) is 10.2. The molecule has 4 heteroatoms. The van der Waals surface area contributed by atoms with Gasteiger partial charge < -0.3 is 10.6 Å². The SMILES string of the molecule is CCCn1nc(C)c(N)c1N(Cc1ccccc1)C1CC1. The molecule has 1 saturated carbocycles. The number of nitrogens with two attached hydrogens (primary N) is 1. The van der Waals surface area contributed by atoms with E-state index in [0.29, 0.717) is 6.04 Å². The van der Waals surface area contributed by atoms with Crippen molar-refractivity contribution in [1.82, 2.24) is 9.78 Å². The largest absolute Gasteiger partial charge is 0.394 e. The summed E-state index contributed by atoms with van der Waals surface area (Å²) in [6, 6.07) is 11.2. The van der Waals surface area contributed by atoms with Gasteiger partial charge in [0.1, 0.15) is 0 Å². The van der Waals surface area contributed by atoms with Crippen LogP contribution in [-0.2, 0) is 13.1 Å². The lowest BCUT2D eigenvalue weighted by molar-refractivity contribution is 0.581. The number of rotatable bonds is 6. The predicted octanol–water partition coefficient (Wildman–Crippen LogP) is 3.35. The maximum Gasteiger partial charge on any atom is 0.151 e. The van der Waals surface area contributed by atoms with Crippen molar-refractivity contribution in [3.63, 3.8) is 0 Å². The van der Waals surface area contributed by atoms with E-state index >= 15 is 0 Å². The molecule has 0 amide bonds. The van der Waals surface area contributed by atoms with Crippen LogP contribution in [0.5, 0.6) is 0 Å². The predicted molar refractivity (Wildman–Crippen MR) is 87.3 cm³/mol. The molecule has 4 nitrogen and oxygen atoms in total. The second-order valence-electron chi connectivity index (χ2n) is 5.89. The van der Waals surface area contributed by atoms with Crippen molar-refractivity contribution in [3.05, 3.63) is 41.6 Å². The van der Waals surface area contributed by atoms with Gasteiger partial charge in [0.2, 0.25) is 0 Å². The third-order valence-electron chi connectivity index (χ3n) is 4.04. The van der Waals surface area contributed by atoms with E-state index in [2.05, 4.69) is 51.9 Å². The minimum atomic E-state index is 0.610. The van der Waals surface area contributed by atoms with Crippen LogP contribution in [0.15, 0.2) is 30.3 Å². The molecule has 1 aromatic heterocycles. The Morgan fingerprint density at radius 2 is 2.00 bits per heavy atom. The average molecular weight is 284 g/mol. The Kier molecular flexibility index (Phi) is 3.86. The summed E-state index contributed by atoms with van der Waals surface area (Å²) in [5, 5.41) is 4.62. The Labute approximate surface area is 126 Å². The molecule has 0 spiro atoms. The number of hydrogen-bond donors (Lipinski definition) is 1. The van der Waals surface area contributed by atoms with E-state index in [9.17, 15) is 0 Å². The first-order valence-electron chi connectivity index (χ1n) is 7.84. The van der Waals surface area contributed by atoms with E-state index in [-0.39, 0.29) is 0 Å². The van der Waals surface area contributed by atoms with Crippen LogP contribution in [0.25, 0.3) is 0 Å². The van der Waals surface area contributed by atoms with E-state index in [4.69, 9.17) is 5.73 Å². The molecule has 0 atom stereocenters. The molecule has 0 saturated heterocycles. The van der Waals surface area contributed by atoms with Crippen molar-refractivity contribution >= 4 is 11.5 Å². The van der Waals surface area contributed by atoms with Crippen LogP contribution in [0.3, 0.4) is 0 Å². The minimum Gasteiger partial charge on any atom is -0.394 e. The van der Waals surface area contributed by atoms with Crippen molar-refractivity contribution in [2.75, 3.05) is 10.6 Å². The van der Waals surface area contributed by atoms with Crippen LogP contribution < -0.4 is 10.6 Å². The first kappa shape index (κ1) is 14.0. The molecular formula is C17H24N4. The zero-order valence-corrected chi connectivity index (χ0v) is 12.9. The van der Waals surface area contributed by atoms with Crippen LogP contribution in [0, 0.1) is 6.92 Å². The van der Waals surface area contributed by atoms with Gasteiger partial charge in [-0.1, -0.05) is 37.3 Å². The summed E-state index contributed by atoms with van der Waals surface area (Å²) in [6.07, 6.45) is 3.57. The van der Waals surface area contributed by atoms with Crippen molar-refractivity contribution in [2.24, 2.45) is 0 Å². The zero-order chi connectivity index (χ0) is 14.8. The van der Waals surface area contributed by atoms with Crippen molar-refractivity contribution < 1.29 is 0 Å². The second kappa shape index (κ2) is 5.80. The minimum absolute atomic E-state index is 0.610. The Bertz CT molecular complexity index is 599. The summed E-state index contributed by atoms with van der Waals surface area (Å²) in [7, 11) is 0. The summed E-state index contributed by atoms with van der Waals surface area (Å²) in [6.45, 7) is 6.00. The molecule has 1 heterocycles. The maximum absolute atomic E-state index is 6.33. The fraction of sp³-hybridized carbons (Fsp3) is 0.471. The van der Waals surface area contributed by atoms with Gasteiger partial charge in [0, 0.05) is 19.1 Å². The van der Waals surface area contributed by atoms with Gasteiger partial charge in [-0.3, -0.25) is 0 Å². The Balaban J connectivity index is 1.94. The Morgan fingerprint density at radius 1 is 1.29 bits per heavy atom. The summed E-state index contributed by atoms with van der Waals surface area (Å²) in [5.74, 6) is 1.11. The number of aryl methyl sites for hydroxylation is 2. The lowest BCUT2D eigenvalue weighted by Gasteiger charge is -2.26. The summed E-state index contributed by atoms with van der Waals surface area (Å²) in [5.41, 5.74) is 9.43. The maximum atomic E-state index is 6.33. The lowest BCUT2D eigenvalue weighted by Crippen LogP contribution is -2.28. The van der Waals surface area contributed by atoms with Crippen LogP contribution in [0.1, 0.15) is 37.4 Å². The van der Waals surface area contributed by atoms with Crippen LogP contribution in [0.4, 0.5) is 11.5 Å². The van der Waals surface area contributed by atoms with Crippen molar-refractivity contribution in [2.45, 2.75) is 52.2 Å². The van der Waals surface area contributed by atoms with Gasteiger partial charge in [-0.25, -0.2) is 4.68 Å². The summed E-state index contributed by atoms with van der Waals surface area (Å²) < 4.78 is 2.09. The highest BCUT2D eigenvalue weighted by molar-refractivity contribution is 5.67. The topological polar surface area (TPSA) is 47.1 Å². The lowest BCUT2D eigenvalue weighted by atomic mass is 10.2. The van der Waals surface area contributed by atoms with E-state index in [1.807, 2.05) is 6.92 Å². The normalized spacial score (nSPS) is 14.4. The van der Waals surface area contributed by atoms with Gasteiger partial charge in [-0.2, -0.15) is 5.10 Å². The monoisotopic (exact) mass is 284 g/mol. The molecule has 1 aliphatic carbocycles. The molecule has 2 aromatic rings. The zero-order valence-electron chi connectivity index (χ0n) is 12.9. The van der Waals surface area contributed by atoms with E-state index < -0.39 is 0 Å². The van der Waals surface area contributed by atoms with Crippen molar-refractivity contribution in [1.29, 1.82) is 0 Å². The molecule has 21 heavy (non-hydrogen) atoms. The van der Waals surface area contributed by atoms with E-state index in [0.717, 1.165) is 36.7 Å². The number of benzene rings is 1. The highest BCUT2D eigenvalue weighted by atomic mass is 15.4. The third kappa shape index (κ3) is 2.89. The second-order valence-corrected chi connectivity index (χ2v) is 5.89. The van der Waals surface area contributed by atoms with Crippen LogP contribution in [0.2, 0.25) is 0 Å². The molecule has 1 aromatic carbocycles. The highest BCUT2D eigenvalue weighted by Crippen LogP contribution is 2.37. The molecule has 2 N–H and O–H groups in total. The van der Waals surface area contributed by atoms with E-state index in [1.54, 1.807) is 0 Å². The van der Waals surface area contributed by atoms with Gasteiger partial charge in [-0.15, -0.1) is 0 Å². The first-order valence-corrected chi connectivity index (χ1v) is 7.84. The standard InChI is InChI=1S/C17H24N4/c1-3-11-21-17(16(18)13(2)19-21)20(15-9-10-15)12-14-7-5-4-6-8-14/h4-8,15H,3,9-12,18H2,1-2H3. The molecule has 1 aliphatic rings. The Morgan fingerprint density at radius 3 is 2.62 bits per heavy atom. The molecule has 0 bridgehead atoms. The molecular weight excluding hydrogens is 260 g/mol. The summed E-state index contributed by atoms with van der Waals surface area (Å²) >= 11 is 0. The fourth-order valence-corrected chi connectivity index (χ4v) is 2.80. The smallest absolute Gasteiger partial charge is 0.151 e. The Hall–Kier alpha value is -1.97. The molecule has 0 unspecified atom stereocenters. The number of aromatic nitrogens is 2. The summed E-state index contributed by atoms with van der Waals surface area (Å²) in [4.78, 5) is 2.44. The number of nitrogen functional groups attached to an aromatic ring is 1. The third-order valence-corrected chi connectivity index (χ3v) is 4.04. The molecule has 112 valence electrons. The van der Waals surface area contributed by atoms with Crippen LogP contribution >= 0.6 is 0 Å². The average Bonchev–Trinajstić information content (AvgIpc) is 3.28. The van der Waals surface area contributed by atoms with Crippen molar-refractivity contribution in [3.8, 4) is 0 Å². The molecule has 1 fully saturated rings.